The van der Waals surface area contributed by atoms with Crippen molar-refractivity contribution in [3.63, 3.8) is 0 Å². The van der Waals surface area contributed by atoms with Gasteiger partial charge in [0, 0.05) is 17.4 Å². The lowest BCUT2D eigenvalue weighted by atomic mass is 10.2. The van der Waals surface area contributed by atoms with Crippen molar-refractivity contribution in [1.29, 1.82) is 0 Å². The van der Waals surface area contributed by atoms with Gasteiger partial charge in [-0.1, -0.05) is 12.1 Å². The van der Waals surface area contributed by atoms with Crippen LogP contribution >= 0.6 is 0 Å². The first-order valence-corrected chi connectivity index (χ1v) is 7.80. The maximum atomic E-state index is 11.1. The Hall–Kier alpha value is -2.60. The van der Waals surface area contributed by atoms with Crippen LogP contribution in [0.1, 0.15) is 0 Å². The lowest BCUT2D eigenvalue weighted by Crippen LogP contribution is -3.12. The van der Waals surface area contributed by atoms with Crippen molar-refractivity contribution < 1.29 is 9.82 Å². The lowest BCUT2D eigenvalue weighted by Gasteiger charge is -2.31. The number of para-hydroxylation sites is 2. The van der Waals surface area contributed by atoms with Crippen LogP contribution in [0.3, 0.4) is 0 Å². The molecule has 0 amide bonds. The molecule has 0 saturated carbocycles. The fraction of sp³-hybridized carbons (Fsp3) is 0.294. The highest BCUT2D eigenvalue weighted by atomic mass is 16.6. The molecule has 0 unspecified atom stereocenters. The summed E-state index contributed by atoms with van der Waals surface area (Å²) in [4.78, 5) is 14.6. The normalized spacial score (nSPS) is 15.4. The number of benzene rings is 2. The molecule has 6 heteroatoms. The number of hydrogen-bond donors (Lipinski definition) is 2. The second kappa shape index (κ2) is 6.66. The minimum absolute atomic E-state index is 0.0821. The predicted octanol–water partition coefficient (Wildman–Crippen LogP) is 1.67. The van der Waals surface area contributed by atoms with Crippen LogP contribution in [0, 0.1) is 10.1 Å². The van der Waals surface area contributed by atoms with Crippen LogP contribution in [-0.4, -0.2) is 38.2 Å². The number of quaternary nitrogens is 1. The van der Waals surface area contributed by atoms with Crippen molar-refractivity contribution in [2.45, 2.75) is 0 Å². The summed E-state index contributed by atoms with van der Waals surface area (Å²) in [5.41, 5.74) is 2.64. The van der Waals surface area contributed by atoms with E-state index in [0.717, 1.165) is 31.9 Å². The highest BCUT2D eigenvalue weighted by molar-refractivity contribution is 5.70. The van der Waals surface area contributed by atoms with Crippen molar-refractivity contribution in [1.82, 2.24) is 0 Å². The summed E-state index contributed by atoms with van der Waals surface area (Å²) in [5, 5.41) is 14.2. The largest absolute Gasteiger partial charge is 0.360 e. The van der Waals surface area contributed by atoms with Crippen LogP contribution in [0.5, 0.6) is 0 Å². The molecule has 1 fully saturated rings. The van der Waals surface area contributed by atoms with E-state index in [0.29, 0.717) is 5.69 Å². The van der Waals surface area contributed by atoms with Gasteiger partial charge in [0.05, 0.1) is 38.2 Å². The van der Waals surface area contributed by atoms with E-state index < -0.39 is 0 Å². The third-order valence-electron chi connectivity index (χ3n) is 4.23. The quantitative estimate of drug-likeness (QED) is 0.666. The second-order valence-electron chi connectivity index (χ2n) is 5.89. The summed E-state index contributed by atoms with van der Waals surface area (Å²) >= 11 is 0. The second-order valence-corrected chi connectivity index (χ2v) is 5.89. The Bertz CT molecular complexity index is 679. The van der Waals surface area contributed by atoms with Crippen LogP contribution in [-0.2, 0) is 0 Å². The average Bonchev–Trinajstić information content (AvgIpc) is 2.57. The molecule has 120 valence electrons. The van der Waals surface area contributed by atoms with Crippen LogP contribution in [0.15, 0.2) is 48.5 Å². The Morgan fingerprint density at radius 1 is 1.09 bits per heavy atom. The maximum absolute atomic E-state index is 11.1. The SMILES string of the molecule is C[NH+]1CCN(c2ccc(Nc3ccccc3[N+](=O)[O-])cc2)CC1. The number of hydrogen-bond acceptors (Lipinski definition) is 4. The molecule has 2 aromatic carbocycles. The highest BCUT2D eigenvalue weighted by Gasteiger charge is 2.17. The summed E-state index contributed by atoms with van der Waals surface area (Å²) in [7, 11) is 2.22. The molecule has 0 radical (unpaired) electrons. The van der Waals surface area contributed by atoms with E-state index in [1.807, 2.05) is 12.1 Å². The minimum atomic E-state index is -0.372. The number of rotatable bonds is 4. The van der Waals surface area contributed by atoms with Crippen molar-refractivity contribution in [2.75, 3.05) is 43.4 Å². The molecule has 0 aromatic heterocycles. The van der Waals surface area contributed by atoms with Gasteiger partial charge >= 0.3 is 0 Å². The van der Waals surface area contributed by atoms with E-state index in [2.05, 4.69) is 29.4 Å². The van der Waals surface area contributed by atoms with E-state index >= 15 is 0 Å². The van der Waals surface area contributed by atoms with Gasteiger partial charge in [-0.2, -0.15) is 0 Å². The van der Waals surface area contributed by atoms with E-state index in [1.54, 1.807) is 23.1 Å². The summed E-state index contributed by atoms with van der Waals surface area (Å²) in [5.74, 6) is 0. The Balaban J connectivity index is 1.72. The van der Waals surface area contributed by atoms with Crippen molar-refractivity contribution >= 4 is 22.7 Å². The Labute approximate surface area is 135 Å². The predicted molar refractivity (Wildman–Crippen MR) is 91.7 cm³/mol. The molecule has 6 nitrogen and oxygen atoms in total. The molecule has 1 heterocycles. The summed E-state index contributed by atoms with van der Waals surface area (Å²) in [6.07, 6.45) is 0. The van der Waals surface area contributed by atoms with Gasteiger partial charge in [0.25, 0.3) is 5.69 Å². The van der Waals surface area contributed by atoms with Gasteiger partial charge in [-0.15, -0.1) is 0 Å². The molecular formula is C17H21N4O2+. The maximum Gasteiger partial charge on any atom is 0.292 e. The molecule has 0 atom stereocenters. The third kappa shape index (κ3) is 3.60. The third-order valence-corrected chi connectivity index (χ3v) is 4.23. The van der Waals surface area contributed by atoms with Crippen LogP contribution in [0.25, 0.3) is 0 Å². The molecule has 0 aliphatic carbocycles. The number of nitro benzene ring substituents is 1. The summed E-state index contributed by atoms with van der Waals surface area (Å²) < 4.78 is 0. The molecule has 2 aromatic rings. The van der Waals surface area contributed by atoms with Gasteiger partial charge in [0.1, 0.15) is 5.69 Å². The van der Waals surface area contributed by atoms with Crippen LogP contribution in [0.2, 0.25) is 0 Å². The summed E-state index contributed by atoms with van der Waals surface area (Å²) in [6, 6.07) is 14.8. The average molecular weight is 313 g/mol. The first kappa shape index (κ1) is 15.3. The number of anilines is 3. The number of nitrogens with zero attached hydrogens (tertiary/aromatic N) is 2. The fourth-order valence-electron chi connectivity index (χ4n) is 2.80. The monoisotopic (exact) mass is 313 g/mol. The molecule has 1 saturated heterocycles. The van der Waals surface area contributed by atoms with Gasteiger partial charge in [-0.25, -0.2) is 0 Å². The molecule has 3 rings (SSSR count). The molecule has 2 N–H and O–H groups in total. The van der Waals surface area contributed by atoms with E-state index in [1.165, 1.54) is 11.8 Å². The van der Waals surface area contributed by atoms with E-state index in [4.69, 9.17) is 0 Å². The van der Waals surface area contributed by atoms with Crippen LogP contribution < -0.4 is 15.1 Å². The minimum Gasteiger partial charge on any atom is -0.360 e. The van der Waals surface area contributed by atoms with Crippen molar-refractivity contribution in [2.24, 2.45) is 0 Å². The van der Waals surface area contributed by atoms with Crippen molar-refractivity contribution in [3.8, 4) is 0 Å². The highest BCUT2D eigenvalue weighted by Crippen LogP contribution is 2.28. The zero-order valence-corrected chi connectivity index (χ0v) is 13.2. The van der Waals surface area contributed by atoms with Gasteiger partial charge in [-0.3, -0.25) is 10.1 Å². The Morgan fingerprint density at radius 2 is 1.74 bits per heavy atom. The van der Waals surface area contributed by atoms with E-state index in [-0.39, 0.29) is 10.6 Å². The molecule has 1 aliphatic heterocycles. The van der Waals surface area contributed by atoms with Gasteiger partial charge in [0.2, 0.25) is 0 Å². The van der Waals surface area contributed by atoms with Gasteiger partial charge < -0.3 is 15.1 Å². The van der Waals surface area contributed by atoms with Crippen LogP contribution in [0.4, 0.5) is 22.7 Å². The zero-order chi connectivity index (χ0) is 16.2. The number of piperazine rings is 1. The number of nitrogens with one attached hydrogen (secondary N) is 2. The Morgan fingerprint density at radius 3 is 2.39 bits per heavy atom. The molecule has 1 aliphatic rings. The topological polar surface area (TPSA) is 62.8 Å². The smallest absolute Gasteiger partial charge is 0.292 e. The Kier molecular flexibility index (Phi) is 4.43. The first-order valence-electron chi connectivity index (χ1n) is 7.80. The molecule has 0 bridgehead atoms. The summed E-state index contributed by atoms with van der Waals surface area (Å²) in [6.45, 7) is 4.41. The zero-order valence-electron chi connectivity index (χ0n) is 13.2. The van der Waals surface area contributed by atoms with E-state index in [9.17, 15) is 10.1 Å². The fourth-order valence-corrected chi connectivity index (χ4v) is 2.80. The molecular weight excluding hydrogens is 292 g/mol. The molecule has 0 spiro atoms. The lowest BCUT2D eigenvalue weighted by molar-refractivity contribution is -0.880. The molecule has 23 heavy (non-hydrogen) atoms. The van der Waals surface area contributed by atoms with Crippen molar-refractivity contribution in [3.05, 3.63) is 58.6 Å². The van der Waals surface area contributed by atoms with Gasteiger partial charge in [-0.05, 0) is 30.3 Å². The van der Waals surface area contributed by atoms with Gasteiger partial charge in [0.15, 0.2) is 0 Å². The standard InChI is InChI=1S/C17H20N4O2/c1-19-10-12-20(13-11-19)15-8-6-14(7-9-15)18-16-4-2-3-5-17(16)21(22)23/h2-9,18H,10-13H2,1H3/p+1. The number of likely N-dealkylation sites (N-methyl/N-ethyl adjacent to an activating group) is 1. The first-order chi connectivity index (χ1) is 11.1. The number of nitro groups is 1.